The number of amidine groups is 2. The van der Waals surface area contributed by atoms with Crippen LogP contribution in [0.4, 0.5) is 8.78 Å². The number of halogens is 2. The molecule has 3 heterocycles. The van der Waals surface area contributed by atoms with Crippen LogP contribution in [0.25, 0.3) is 11.8 Å². The molecule has 1 aromatic heterocycles. The van der Waals surface area contributed by atoms with E-state index in [1.165, 1.54) is 29.3 Å². The maximum absolute atomic E-state index is 13.3. The van der Waals surface area contributed by atoms with Crippen molar-refractivity contribution in [2.75, 3.05) is 0 Å². The molecule has 2 aliphatic rings. The molecular formula is C24H17F2N5OS. The van der Waals surface area contributed by atoms with Gasteiger partial charge in [0, 0.05) is 22.6 Å². The van der Waals surface area contributed by atoms with Gasteiger partial charge in [0.25, 0.3) is 5.91 Å². The first-order valence-electron chi connectivity index (χ1n) is 10.0. The fourth-order valence-electron chi connectivity index (χ4n) is 3.78. The number of thioether (sulfide) groups is 1. The first kappa shape index (κ1) is 21.0. The normalized spacial score (nSPS) is 16.8. The maximum atomic E-state index is 13.3. The summed E-state index contributed by atoms with van der Waals surface area (Å²) in [4.78, 5) is 16.9. The lowest BCUT2D eigenvalue weighted by Gasteiger charge is -2.20. The van der Waals surface area contributed by atoms with E-state index in [0.717, 1.165) is 34.4 Å². The van der Waals surface area contributed by atoms with Gasteiger partial charge in [-0.05, 0) is 91.8 Å². The number of rotatable bonds is 3. The lowest BCUT2D eigenvalue weighted by Crippen LogP contribution is -2.35. The number of benzene rings is 2. The third-order valence-electron chi connectivity index (χ3n) is 5.40. The molecule has 2 aliphatic heterocycles. The molecule has 3 aromatic rings. The fraction of sp³-hybridized carbons (Fsp3) is 0.0833. The number of nitrogens with zero attached hydrogens (tertiary/aromatic N) is 4. The Balaban J connectivity index is 1.50. The van der Waals surface area contributed by atoms with Crippen molar-refractivity contribution in [2.24, 2.45) is 10.1 Å². The molecule has 0 radical (unpaired) electrons. The van der Waals surface area contributed by atoms with Crippen molar-refractivity contribution in [3.8, 4) is 5.69 Å². The molecule has 5 rings (SSSR count). The van der Waals surface area contributed by atoms with Gasteiger partial charge in [-0.15, -0.1) is 0 Å². The van der Waals surface area contributed by atoms with E-state index < -0.39 is 5.91 Å². The van der Waals surface area contributed by atoms with E-state index in [9.17, 15) is 13.6 Å². The molecule has 0 fully saturated rings. The smallest absolute Gasteiger partial charge is 0.283 e. The molecule has 6 nitrogen and oxygen atoms in total. The summed E-state index contributed by atoms with van der Waals surface area (Å²) in [5, 5.41) is 15.1. The number of hydrazone groups is 1. The van der Waals surface area contributed by atoms with Crippen LogP contribution < -0.4 is 0 Å². The molecule has 0 atom stereocenters. The number of fused-ring (bicyclic) bond motifs is 1. The first-order valence-corrected chi connectivity index (χ1v) is 10.8. The van der Waals surface area contributed by atoms with Gasteiger partial charge in [0.2, 0.25) is 5.17 Å². The zero-order valence-corrected chi connectivity index (χ0v) is 18.5. The minimum Gasteiger partial charge on any atom is -0.318 e. The first-order chi connectivity index (χ1) is 15.8. The summed E-state index contributed by atoms with van der Waals surface area (Å²) in [5.74, 6) is -1.28. The van der Waals surface area contributed by atoms with E-state index in [1.54, 1.807) is 30.3 Å². The van der Waals surface area contributed by atoms with E-state index in [4.69, 9.17) is 5.41 Å². The Morgan fingerprint density at radius 2 is 1.64 bits per heavy atom. The van der Waals surface area contributed by atoms with Crippen molar-refractivity contribution in [3.05, 3.63) is 94.3 Å². The van der Waals surface area contributed by atoms with E-state index in [0.29, 0.717) is 15.8 Å². The zero-order chi connectivity index (χ0) is 23.3. The van der Waals surface area contributed by atoms with Gasteiger partial charge in [-0.25, -0.2) is 8.78 Å². The highest BCUT2D eigenvalue weighted by Gasteiger charge is 2.36. The van der Waals surface area contributed by atoms with Gasteiger partial charge in [0.05, 0.1) is 5.57 Å². The van der Waals surface area contributed by atoms with Gasteiger partial charge in [-0.3, -0.25) is 10.2 Å². The number of aromatic nitrogens is 1. The Bertz CT molecular complexity index is 1400. The van der Waals surface area contributed by atoms with Gasteiger partial charge < -0.3 is 4.57 Å². The maximum Gasteiger partial charge on any atom is 0.283 e. The van der Waals surface area contributed by atoms with E-state index in [-0.39, 0.29) is 23.0 Å². The summed E-state index contributed by atoms with van der Waals surface area (Å²) in [6.07, 6.45) is 1.63. The Kier molecular flexibility index (Phi) is 5.05. The van der Waals surface area contributed by atoms with Crippen LogP contribution in [0.2, 0.25) is 0 Å². The molecule has 2 aromatic carbocycles. The number of hydrogen-bond donors (Lipinski definition) is 1. The van der Waals surface area contributed by atoms with Crippen molar-refractivity contribution < 1.29 is 13.6 Å². The quantitative estimate of drug-likeness (QED) is 0.556. The average molecular weight is 461 g/mol. The molecular weight excluding hydrogens is 444 g/mol. The minimum atomic E-state index is -0.527. The third kappa shape index (κ3) is 3.70. The summed E-state index contributed by atoms with van der Waals surface area (Å²) >= 11 is 1.16. The number of amides is 1. The van der Waals surface area contributed by atoms with Crippen LogP contribution >= 0.6 is 11.8 Å². The van der Waals surface area contributed by atoms with Crippen LogP contribution in [0.1, 0.15) is 22.5 Å². The van der Waals surface area contributed by atoms with Crippen molar-refractivity contribution in [1.82, 2.24) is 9.58 Å². The molecule has 0 unspecified atom stereocenters. The summed E-state index contributed by atoms with van der Waals surface area (Å²) in [6, 6.07) is 13.9. The number of carbonyl (C=O) groups excluding carboxylic acids is 1. The molecule has 0 aliphatic carbocycles. The van der Waals surface area contributed by atoms with Crippen LogP contribution in [0.3, 0.4) is 0 Å². The van der Waals surface area contributed by atoms with Crippen LogP contribution in [0, 0.1) is 30.9 Å². The van der Waals surface area contributed by atoms with E-state index in [2.05, 4.69) is 10.1 Å². The van der Waals surface area contributed by atoms with Crippen LogP contribution in [-0.2, 0) is 4.79 Å². The highest BCUT2D eigenvalue weighted by atomic mass is 32.2. The highest BCUT2D eigenvalue weighted by Crippen LogP contribution is 2.32. The molecule has 1 N–H and O–H groups in total. The lowest BCUT2D eigenvalue weighted by atomic mass is 10.1. The van der Waals surface area contributed by atoms with Gasteiger partial charge in [0.1, 0.15) is 16.7 Å². The van der Waals surface area contributed by atoms with Crippen molar-refractivity contribution in [1.29, 1.82) is 5.41 Å². The molecule has 33 heavy (non-hydrogen) atoms. The topological polar surface area (TPSA) is 73.8 Å². The molecule has 1 amide bonds. The van der Waals surface area contributed by atoms with Gasteiger partial charge in [0.15, 0.2) is 5.84 Å². The molecule has 0 saturated carbocycles. The third-order valence-corrected chi connectivity index (χ3v) is 6.36. The summed E-state index contributed by atoms with van der Waals surface area (Å²) in [6.45, 7) is 3.81. The summed E-state index contributed by atoms with van der Waals surface area (Å²) < 4.78 is 28.5. The summed E-state index contributed by atoms with van der Waals surface area (Å²) in [7, 11) is 0. The zero-order valence-electron chi connectivity index (χ0n) is 17.6. The van der Waals surface area contributed by atoms with Crippen molar-refractivity contribution in [2.45, 2.75) is 13.8 Å². The molecule has 0 bridgehead atoms. The number of aliphatic imine (C=N–C) groups is 1. The second-order valence-corrected chi connectivity index (χ2v) is 8.53. The van der Waals surface area contributed by atoms with Gasteiger partial charge >= 0.3 is 0 Å². The minimum absolute atomic E-state index is 0.0822. The largest absolute Gasteiger partial charge is 0.318 e. The Labute approximate surface area is 192 Å². The number of carbonyl (C=O) groups is 1. The predicted molar refractivity (Wildman–Crippen MR) is 126 cm³/mol. The van der Waals surface area contributed by atoms with Crippen LogP contribution in [0.5, 0.6) is 0 Å². The number of nitrogens with one attached hydrogen (secondary N) is 1. The Hall–Kier alpha value is -3.85. The monoisotopic (exact) mass is 461 g/mol. The number of aryl methyl sites for hydroxylation is 1. The van der Waals surface area contributed by atoms with E-state index >= 15 is 0 Å². The molecule has 164 valence electrons. The average Bonchev–Trinajstić information content (AvgIpc) is 3.33. The molecule has 0 saturated heterocycles. The second-order valence-electron chi connectivity index (χ2n) is 7.57. The predicted octanol–water partition coefficient (Wildman–Crippen LogP) is 5.04. The van der Waals surface area contributed by atoms with Crippen molar-refractivity contribution >= 4 is 39.8 Å². The molecule has 0 spiro atoms. The van der Waals surface area contributed by atoms with Gasteiger partial charge in [-0.2, -0.15) is 15.1 Å². The standard InChI is InChI=1S/C24H17F2N5OS/c1-13-11-16(14(2)30(13)19-9-7-18(26)8-10-19)12-20-21(27)31-24(28-22(20)32)33-23(29-31)15-3-5-17(25)6-4-15/h3-12,27H,1-2H3/b20-12+,27-21?. The van der Waals surface area contributed by atoms with Gasteiger partial charge in [-0.1, -0.05) is 0 Å². The SMILES string of the molecule is Cc1cc(/C=C2\C(=N)N3N=C(c4ccc(F)cc4)SC3=NC2=O)c(C)n1-c1ccc(F)cc1. The van der Waals surface area contributed by atoms with E-state index in [1.807, 2.05) is 24.5 Å². The molecule has 9 heteroatoms. The Morgan fingerprint density at radius 1 is 1.00 bits per heavy atom. The Morgan fingerprint density at radius 3 is 2.30 bits per heavy atom. The van der Waals surface area contributed by atoms with Crippen molar-refractivity contribution in [3.63, 3.8) is 0 Å². The lowest BCUT2D eigenvalue weighted by molar-refractivity contribution is -0.114. The van der Waals surface area contributed by atoms with Crippen LogP contribution in [0.15, 0.2) is 70.3 Å². The summed E-state index contributed by atoms with van der Waals surface area (Å²) in [5.41, 5.74) is 4.07. The van der Waals surface area contributed by atoms with Crippen LogP contribution in [-0.4, -0.2) is 31.5 Å². The fourth-order valence-corrected chi connectivity index (χ4v) is 4.67. The number of hydrogen-bond acceptors (Lipinski definition) is 4. The second kappa shape index (κ2) is 7.93. The highest BCUT2D eigenvalue weighted by molar-refractivity contribution is 8.27.